The standard InChI is InChI=1S/C16H17FN2O2/c1-12-4-3-8-18-16(12)19(9-7-15(20)21)11-13-5-2-6-14(17)10-13/h2-6,8,10H,7,9,11H2,1H3,(H,20,21). The summed E-state index contributed by atoms with van der Waals surface area (Å²) in [6.07, 6.45) is 1.67. The molecule has 0 saturated heterocycles. The van der Waals surface area contributed by atoms with Crippen molar-refractivity contribution in [1.29, 1.82) is 0 Å². The first kappa shape index (κ1) is 15.0. The molecular formula is C16H17FN2O2. The number of benzene rings is 1. The largest absolute Gasteiger partial charge is 0.481 e. The Kier molecular flexibility index (Phi) is 4.87. The Morgan fingerprint density at radius 3 is 2.81 bits per heavy atom. The van der Waals surface area contributed by atoms with E-state index in [1.807, 2.05) is 30.0 Å². The Hall–Kier alpha value is -2.43. The molecule has 0 radical (unpaired) electrons. The lowest BCUT2D eigenvalue weighted by atomic mass is 10.2. The van der Waals surface area contributed by atoms with Gasteiger partial charge >= 0.3 is 5.97 Å². The van der Waals surface area contributed by atoms with Crippen molar-refractivity contribution in [1.82, 2.24) is 4.98 Å². The maximum Gasteiger partial charge on any atom is 0.305 e. The van der Waals surface area contributed by atoms with Crippen LogP contribution in [0.2, 0.25) is 0 Å². The fourth-order valence-corrected chi connectivity index (χ4v) is 2.15. The molecule has 0 unspecified atom stereocenters. The lowest BCUT2D eigenvalue weighted by Gasteiger charge is -2.24. The number of aliphatic carboxylic acids is 1. The lowest BCUT2D eigenvalue weighted by Crippen LogP contribution is -2.27. The summed E-state index contributed by atoms with van der Waals surface area (Å²) in [5, 5.41) is 8.88. The third-order valence-corrected chi connectivity index (χ3v) is 3.14. The smallest absolute Gasteiger partial charge is 0.305 e. The van der Waals surface area contributed by atoms with Gasteiger partial charge in [-0.2, -0.15) is 0 Å². The highest BCUT2D eigenvalue weighted by molar-refractivity contribution is 5.67. The van der Waals surface area contributed by atoms with Gasteiger partial charge < -0.3 is 10.0 Å². The van der Waals surface area contributed by atoms with Crippen LogP contribution in [0.25, 0.3) is 0 Å². The van der Waals surface area contributed by atoms with Crippen molar-refractivity contribution in [3.63, 3.8) is 0 Å². The van der Waals surface area contributed by atoms with Crippen LogP contribution in [-0.4, -0.2) is 22.6 Å². The maximum absolute atomic E-state index is 13.3. The number of halogens is 1. The number of rotatable bonds is 6. The van der Waals surface area contributed by atoms with Crippen molar-refractivity contribution in [2.75, 3.05) is 11.4 Å². The van der Waals surface area contributed by atoms with E-state index in [1.165, 1.54) is 12.1 Å². The summed E-state index contributed by atoms with van der Waals surface area (Å²) in [6, 6.07) is 10.0. The Morgan fingerprint density at radius 2 is 2.14 bits per heavy atom. The second-order valence-corrected chi connectivity index (χ2v) is 4.84. The molecule has 1 aromatic carbocycles. The van der Waals surface area contributed by atoms with E-state index >= 15 is 0 Å². The van der Waals surface area contributed by atoms with Crippen LogP contribution < -0.4 is 4.90 Å². The summed E-state index contributed by atoms with van der Waals surface area (Å²) in [6.45, 7) is 2.66. The first-order chi connectivity index (χ1) is 10.1. The molecule has 0 aliphatic heterocycles. The summed E-state index contributed by atoms with van der Waals surface area (Å²) in [5.41, 5.74) is 1.74. The molecule has 0 amide bonds. The van der Waals surface area contributed by atoms with E-state index in [-0.39, 0.29) is 12.2 Å². The summed E-state index contributed by atoms with van der Waals surface area (Å²) >= 11 is 0. The van der Waals surface area contributed by atoms with Gasteiger partial charge in [0.05, 0.1) is 6.42 Å². The number of anilines is 1. The molecule has 0 bridgehead atoms. The monoisotopic (exact) mass is 288 g/mol. The fraction of sp³-hybridized carbons (Fsp3) is 0.250. The topological polar surface area (TPSA) is 53.4 Å². The highest BCUT2D eigenvalue weighted by Crippen LogP contribution is 2.19. The molecule has 0 spiro atoms. The zero-order valence-electron chi connectivity index (χ0n) is 11.8. The Bertz CT molecular complexity index is 631. The molecule has 0 saturated carbocycles. The maximum atomic E-state index is 13.3. The average molecular weight is 288 g/mol. The fourth-order valence-electron chi connectivity index (χ4n) is 2.15. The Morgan fingerprint density at radius 1 is 1.33 bits per heavy atom. The van der Waals surface area contributed by atoms with Gasteiger partial charge in [0.1, 0.15) is 11.6 Å². The predicted molar refractivity (Wildman–Crippen MR) is 78.7 cm³/mol. The van der Waals surface area contributed by atoms with Crippen LogP contribution in [0, 0.1) is 12.7 Å². The lowest BCUT2D eigenvalue weighted by molar-refractivity contribution is -0.136. The van der Waals surface area contributed by atoms with Crippen molar-refractivity contribution >= 4 is 11.8 Å². The number of aromatic nitrogens is 1. The molecule has 1 N–H and O–H groups in total. The van der Waals surface area contributed by atoms with Gasteiger partial charge in [-0.15, -0.1) is 0 Å². The normalized spacial score (nSPS) is 10.4. The van der Waals surface area contributed by atoms with Crippen LogP contribution in [-0.2, 0) is 11.3 Å². The zero-order chi connectivity index (χ0) is 15.2. The number of carboxylic acids is 1. The van der Waals surface area contributed by atoms with Crippen LogP contribution in [0.5, 0.6) is 0 Å². The van der Waals surface area contributed by atoms with E-state index in [1.54, 1.807) is 12.3 Å². The molecular weight excluding hydrogens is 271 g/mol. The molecule has 0 aliphatic rings. The van der Waals surface area contributed by atoms with Crippen molar-refractivity contribution in [2.24, 2.45) is 0 Å². The first-order valence-corrected chi connectivity index (χ1v) is 6.69. The van der Waals surface area contributed by atoms with Gasteiger partial charge in [-0.25, -0.2) is 9.37 Å². The van der Waals surface area contributed by atoms with Gasteiger partial charge in [0.2, 0.25) is 0 Å². The van der Waals surface area contributed by atoms with Crippen LogP contribution in [0.1, 0.15) is 17.5 Å². The molecule has 4 nitrogen and oxygen atoms in total. The van der Waals surface area contributed by atoms with E-state index < -0.39 is 5.97 Å². The molecule has 110 valence electrons. The summed E-state index contributed by atoms with van der Waals surface area (Å²) in [5.74, 6) is -0.445. The minimum Gasteiger partial charge on any atom is -0.481 e. The number of hydrogen-bond donors (Lipinski definition) is 1. The van der Waals surface area contributed by atoms with Gasteiger partial charge in [0.15, 0.2) is 0 Å². The first-order valence-electron chi connectivity index (χ1n) is 6.69. The summed E-state index contributed by atoms with van der Waals surface area (Å²) in [4.78, 5) is 17.0. The molecule has 0 aliphatic carbocycles. The minimum absolute atomic E-state index is 0.00529. The predicted octanol–water partition coefficient (Wildman–Crippen LogP) is 3.01. The van der Waals surface area contributed by atoms with Crippen molar-refractivity contribution < 1.29 is 14.3 Å². The number of hydrogen-bond acceptors (Lipinski definition) is 3. The van der Waals surface area contributed by atoms with E-state index in [0.29, 0.717) is 13.1 Å². The van der Waals surface area contributed by atoms with E-state index in [0.717, 1.165) is 16.9 Å². The molecule has 2 aromatic rings. The van der Waals surface area contributed by atoms with Gasteiger partial charge in [0, 0.05) is 19.3 Å². The van der Waals surface area contributed by atoms with Crippen molar-refractivity contribution in [3.8, 4) is 0 Å². The molecule has 0 fully saturated rings. The molecule has 5 heteroatoms. The highest BCUT2D eigenvalue weighted by Gasteiger charge is 2.13. The second kappa shape index (κ2) is 6.83. The summed E-state index contributed by atoms with van der Waals surface area (Å²) < 4.78 is 13.3. The molecule has 1 aromatic heterocycles. The van der Waals surface area contributed by atoms with Crippen LogP contribution in [0.15, 0.2) is 42.6 Å². The molecule has 1 heterocycles. The molecule has 0 atom stereocenters. The van der Waals surface area contributed by atoms with E-state index in [4.69, 9.17) is 5.11 Å². The van der Waals surface area contributed by atoms with Crippen LogP contribution in [0.3, 0.4) is 0 Å². The van der Waals surface area contributed by atoms with Crippen LogP contribution in [0.4, 0.5) is 10.2 Å². The number of carbonyl (C=O) groups is 1. The highest BCUT2D eigenvalue weighted by atomic mass is 19.1. The van der Waals surface area contributed by atoms with E-state index in [9.17, 15) is 9.18 Å². The quantitative estimate of drug-likeness (QED) is 0.887. The van der Waals surface area contributed by atoms with Crippen molar-refractivity contribution in [3.05, 3.63) is 59.5 Å². The van der Waals surface area contributed by atoms with Crippen LogP contribution >= 0.6 is 0 Å². The summed E-state index contributed by atoms with van der Waals surface area (Å²) in [7, 11) is 0. The zero-order valence-corrected chi connectivity index (χ0v) is 11.8. The second-order valence-electron chi connectivity index (χ2n) is 4.84. The molecule has 2 rings (SSSR count). The SMILES string of the molecule is Cc1cccnc1N(CCC(=O)O)Cc1cccc(F)c1. The van der Waals surface area contributed by atoms with Gasteiger partial charge in [-0.3, -0.25) is 4.79 Å². The van der Waals surface area contributed by atoms with Gasteiger partial charge in [-0.05, 0) is 36.2 Å². The van der Waals surface area contributed by atoms with Gasteiger partial charge in [0.25, 0.3) is 0 Å². The number of carboxylic acid groups (broad SMARTS) is 1. The Labute approximate surface area is 122 Å². The Balaban J connectivity index is 2.23. The number of aryl methyl sites for hydroxylation is 1. The third-order valence-electron chi connectivity index (χ3n) is 3.14. The average Bonchev–Trinajstić information content (AvgIpc) is 2.44. The van der Waals surface area contributed by atoms with Crippen molar-refractivity contribution in [2.45, 2.75) is 19.9 Å². The molecule has 21 heavy (non-hydrogen) atoms. The third kappa shape index (κ3) is 4.27. The van der Waals surface area contributed by atoms with Gasteiger partial charge in [-0.1, -0.05) is 18.2 Å². The van der Waals surface area contributed by atoms with E-state index in [2.05, 4.69) is 4.98 Å². The number of pyridine rings is 1. The number of nitrogens with zero attached hydrogens (tertiary/aromatic N) is 2. The minimum atomic E-state index is -0.868.